The first-order chi connectivity index (χ1) is 10.1. The molecule has 0 aromatic rings. The maximum Gasteiger partial charge on any atom is 0.317 e. The van der Waals surface area contributed by atoms with Gasteiger partial charge in [0.15, 0.2) is 19.7 Å². The monoisotopic (exact) mass is 352 g/mol. The van der Waals surface area contributed by atoms with Gasteiger partial charge in [0, 0.05) is 31.6 Å². The lowest BCUT2D eigenvalue weighted by Gasteiger charge is -2.32. The molecule has 2 aliphatic rings. The zero-order valence-corrected chi connectivity index (χ0v) is 14.6. The van der Waals surface area contributed by atoms with Gasteiger partial charge in [0.1, 0.15) is 0 Å². The SMILES string of the molecule is CS(=O)(=O)C1CCN(C(=O)N[C@@H]2CCCC[C@H]2S(C)(=O)=O)C1. The zero-order valence-electron chi connectivity index (χ0n) is 13.0. The molecule has 1 unspecified atom stereocenters. The Morgan fingerprint density at radius 2 is 1.64 bits per heavy atom. The molecule has 3 atom stereocenters. The molecule has 1 aliphatic carbocycles. The minimum Gasteiger partial charge on any atom is -0.334 e. The van der Waals surface area contributed by atoms with Crippen molar-refractivity contribution >= 4 is 25.7 Å². The molecule has 0 radical (unpaired) electrons. The van der Waals surface area contributed by atoms with E-state index in [1.807, 2.05) is 0 Å². The number of likely N-dealkylation sites (tertiary alicyclic amines) is 1. The van der Waals surface area contributed by atoms with Crippen molar-refractivity contribution in [3.05, 3.63) is 0 Å². The number of nitrogens with zero attached hydrogens (tertiary/aromatic N) is 1. The number of amides is 2. The van der Waals surface area contributed by atoms with Crippen molar-refractivity contribution in [1.29, 1.82) is 0 Å². The number of hydrogen-bond acceptors (Lipinski definition) is 5. The minimum absolute atomic E-state index is 0.181. The lowest BCUT2D eigenvalue weighted by Crippen LogP contribution is -2.52. The van der Waals surface area contributed by atoms with Gasteiger partial charge in [0.05, 0.1) is 10.5 Å². The summed E-state index contributed by atoms with van der Waals surface area (Å²) in [4.78, 5) is 13.8. The van der Waals surface area contributed by atoms with E-state index in [1.54, 1.807) is 0 Å². The molecule has 22 heavy (non-hydrogen) atoms. The van der Waals surface area contributed by atoms with E-state index in [2.05, 4.69) is 5.32 Å². The van der Waals surface area contributed by atoms with Crippen LogP contribution in [0.1, 0.15) is 32.1 Å². The van der Waals surface area contributed by atoms with Gasteiger partial charge in [0.25, 0.3) is 0 Å². The number of carbonyl (C=O) groups is 1. The second-order valence-corrected chi connectivity index (χ2v) is 11.0. The first-order valence-corrected chi connectivity index (χ1v) is 11.4. The number of urea groups is 1. The number of hydrogen-bond donors (Lipinski definition) is 1. The smallest absolute Gasteiger partial charge is 0.317 e. The molecule has 1 saturated carbocycles. The van der Waals surface area contributed by atoms with Crippen LogP contribution in [0, 0.1) is 0 Å². The van der Waals surface area contributed by atoms with Crippen LogP contribution in [0.3, 0.4) is 0 Å². The van der Waals surface area contributed by atoms with Gasteiger partial charge >= 0.3 is 6.03 Å². The van der Waals surface area contributed by atoms with E-state index in [9.17, 15) is 21.6 Å². The molecule has 9 heteroatoms. The molecule has 0 bridgehead atoms. The fourth-order valence-corrected chi connectivity index (χ4v) is 5.67. The largest absolute Gasteiger partial charge is 0.334 e. The van der Waals surface area contributed by atoms with Crippen LogP contribution in [-0.4, -0.2) is 69.9 Å². The van der Waals surface area contributed by atoms with Crippen LogP contribution in [0.5, 0.6) is 0 Å². The summed E-state index contributed by atoms with van der Waals surface area (Å²) in [7, 11) is -6.36. The molecular weight excluding hydrogens is 328 g/mol. The number of carbonyl (C=O) groups excluding carboxylic acids is 1. The van der Waals surface area contributed by atoms with E-state index < -0.39 is 30.2 Å². The summed E-state index contributed by atoms with van der Waals surface area (Å²) in [5.74, 6) is 0. The zero-order chi connectivity index (χ0) is 16.5. The predicted molar refractivity (Wildman–Crippen MR) is 84.2 cm³/mol. The van der Waals surface area contributed by atoms with Gasteiger partial charge in [0.2, 0.25) is 0 Å². The lowest BCUT2D eigenvalue weighted by atomic mass is 9.95. The van der Waals surface area contributed by atoms with Crippen LogP contribution >= 0.6 is 0 Å². The molecule has 2 rings (SSSR count). The number of rotatable bonds is 3. The van der Waals surface area contributed by atoms with E-state index in [4.69, 9.17) is 0 Å². The average molecular weight is 352 g/mol. The van der Waals surface area contributed by atoms with Crippen LogP contribution in [0.2, 0.25) is 0 Å². The highest BCUT2D eigenvalue weighted by Crippen LogP contribution is 2.25. The topological polar surface area (TPSA) is 101 Å². The standard InChI is InChI=1S/C13H24N2O5S2/c1-21(17,18)10-7-8-15(9-10)13(16)14-11-5-3-4-6-12(11)22(2,19)20/h10-12H,3-9H2,1-2H3,(H,14,16)/t10?,11-,12-/m1/s1. The third kappa shape index (κ3) is 4.13. The van der Waals surface area contributed by atoms with E-state index >= 15 is 0 Å². The van der Waals surface area contributed by atoms with E-state index in [0.29, 0.717) is 25.8 Å². The highest BCUT2D eigenvalue weighted by atomic mass is 32.2. The fraction of sp³-hybridized carbons (Fsp3) is 0.923. The summed E-state index contributed by atoms with van der Waals surface area (Å²) in [6.45, 7) is 0.570. The first kappa shape index (κ1) is 17.5. The second-order valence-electron chi connectivity index (χ2n) is 6.39. The quantitative estimate of drug-likeness (QED) is 0.780. The molecule has 1 heterocycles. The molecule has 2 amide bonds. The van der Waals surface area contributed by atoms with Gasteiger partial charge in [-0.15, -0.1) is 0 Å². The number of sulfone groups is 2. The highest BCUT2D eigenvalue weighted by molar-refractivity contribution is 7.91. The molecule has 128 valence electrons. The summed E-state index contributed by atoms with van der Waals surface area (Å²) in [5.41, 5.74) is 0. The van der Waals surface area contributed by atoms with Gasteiger partial charge in [-0.2, -0.15) is 0 Å². The Morgan fingerprint density at radius 1 is 1.00 bits per heavy atom. The summed E-state index contributed by atoms with van der Waals surface area (Å²) < 4.78 is 46.8. The van der Waals surface area contributed by atoms with Gasteiger partial charge in [-0.05, 0) is 19.3 Å². The average Bonchev–Trinajstić information content (AvgIpc) is 2.87. The van der Waals surface area contributed by atoms with Crippen LogP contribution in [0.15, 0.2) is 0 Å². The van der Waals surface area contributed by atoms with Crippen molar-refractivity contribution in [2.75, 3.05) is 25.6 Å². The molecule has 7 nitrogen and oxygen atoms in total. The van der Waals surface area contributed by atoms with Gasteiger partial charge in [-0.3, -0.25) is 0 Å². The molecule has 0 aromatic carbocycles. The Morgan fingerprint density at radius 3 is 2.18 bits per heavy atom. The Hall–Kier alpha value is -0.830. The second kappa shape index (κ2) is 6.35. The Balaban J connectivity index is 1.99. The van der Waals surface area contributed by atoms with Crippen molar-refractivity contribution in [3.63, 3.8) is 0 Å². The molecular formula is C13H24N2O5S2. The van der Waals surface area contributed by atoms with Gasteiger partial charge in [-0.25, -0.2) is 21.6 Å². The first-order valence-electron chi connectivity index (χ1n) is 7.52. The van der Waals surface area contributed by atoms with Crippen LogP contribution in [-0.2, 0) is 19.7 Å². The van der Waals surface area contributed by atoms with Crippen molar-refractivity contribution < 1.29 is 21.6 Å². The van der Waals surface area contributed by atoms with E-state index in [1.165, 1.54) is 17.4 Å². The lowest BCUT2D eigenvalue weighted by molar-refractivity contribution is 0.201. The minimum atomic E-state index is -3.21. The Bertz CT molecular complexity index is 629. The van der Waals surface area contributed by atoms with Crippen molar-refractivity contribution in [2.24, 2.45) is 0 Å². The van der Waals surface area contributed by atoms with Gasteiger partial charge in [-0.1, -0.05) is 12.8 Å². The summed E-state index contributed by atoms with van der Waals surface area (Å²) in [6, 6.07) is -0.736. The maximum atomic E-state index is 12.3. The van der Waals surface area contributed by atoms with Gasteiger partial charge < -0.3 is 10.2 Å². The van der Waals surface area contributed by atoms with E-state index in [0.717, 1.165) is 12.8 Å². The van der Waals surface area contributed by atoms with Crippen molar-refractivity contribution in [2.45, 2.75) is 48.6 Å². The summed E-state index contributed by atoms with van der Waals surface area (Å²) in [5, 5.41) is 1.74. The van der Waals surface area contributed by atoms with Crippen molar-refractivity contribution in [3.8, 4) is 0 Å². The van der Waals surface area contributed by atoms with Crippen LogP contribution in [0.4, 0.5) is 4.79 Å². The molecule has 1 N–H and O–H groups in total. The number of nitrogens with one attached hydrogen (secondary N) is 1. The third-order valence-electron chi connectivity index (χ3n) is 4.60. The Kier molecular flexibility index (Phi) is 5.06. The maximum absolute atomic E-state index is 12.3. The molecule has 2 fully saturated rings. The van der Waals surface area contributed by atoms with Crippen LogP contribution in [0.25, 0.3) is 0 Å². The summed E-state index contributed by atoms with van der Waals surface area (Å²) in [6.07, 6.45) is 5.78. The third-order valence-corrected chi connectivity index (χ3v) is 7.86. The predicted octanol–water partition coefficient (Wildman–Crippen LogP) is 0.171. The molecule has 0 spiro atoms. The van der Waals surface area contributed by atoms with Crippen molar-refractivity contribution in [1.82, 2.24) is 10.2 Å². The molecule has 0 aromatic heterocycles. The molecule has 1 aliphatic heterocycles. The Labute approximate surface area is 132 Å². The molecule has 1 saturated heterocycles. The summed E-state index contributed by atoms with van der Waals surface area (Å²) >= 11 is 0. The highest BCUT2D eigenvalue weighted by Gasteiger charge is 2.37. The fourth-order valence-electron chi connectivity index (χ4n) is 3.29. The van der Waals surface area contributed by atoms with E-state index in [-0.39, 0.29) is 18.6 Å². The normalized spacial score (nSPS) is 30.3. The van der Waals surface area contributed by atoms with Crippen LogP contribution < -0.4 is 5.32 Å².